The van der Waals surface area contributed by atoms with Crippen LogP contribution in [0.5, 0.6) is 0 Å². The molecule has 2 aliphatic heterocycles. The maximum Gasteiger partial charge on any atom is 0.417 e. The van der Waals surface area contributed by atoms with Crippen LogP contribution in [0, 0.1) is 0 Å². The number of aliphatic hydroxyl groups is 1. The summed E-state index contributed by atoms with van der Waals surface area (Å²) in [7, 11) is 1.66. The maximum absolute atomic E-state index is 13.0. The van der Waals surface area contributed by atoms with Crippen molar-refractivity contribution in [1.29, 1.82) is 0 Å². The second-order valence-corrected chi connectivity index (χ2v) is 6.48. The first-order valence-corrected chi connectivity index (χ1v) is 7.90. The third-order valence-corrected chi connectivity index (χ3v) is 4.81. The predicted molar refractivity (Wildman–Crippen MR) is 86.2 cm³/mol. The van der Waals surface area contributed by atoms with E-state index in [1.165, 1.54) is 0 Å². The first kappa shape index (κ1) is 16.9. The van der Waals surface area contributed by atoms with Crippen LogP contribution < -0.4 is 9.80 Å². The average Bonchev–Trinajstić information content (AvgIpc) is 2.53. The van der Waals surface area contributed by atoms with E-state index in [1.807, 2.05) is 4.90 Å². The molecule has 5 nitrogen and oxygen atoms in total. The van der Waals surface area contributed by atoms with Crippen LogP contribution in [0.1, 0.15) is 19.4 Å². The number of rotatable bonds is 1. The van der Waals surface area contributed by atoms with Crippen LogP contribution >= 0.6 is 0 Å². The summed E-state index contributed by atoms with van der Waals surface area (Å²) in [6, 6.07) is 1.32. The molecule has 0 bridgehead atoms. The molecular formula is C16H21F3N4O. The molecule has 0 radical (unpaired) electrons. The van der Waals surface area contributed by atoms with E-state index < -0.39 is 11.7 Å². The number of hydrogen-bond acceptors (Lipinski definition) is 5. The lowest BCUT2D eigenvalue weighted by molar-refractivity contribution is -0.137. The van der Waals surface area contributed by atoms with Crippen LogP contribution in [0.2, 0.25) is 0 Å². The van der Waals surface area contributed by atoms with Crippen LogP contribution in [0.4, 0.5) is 24.7 Å². The Labute approximate surface area is 139 Å². The van der Waals surface area contributed by atoms with E-state index in [0.717, 1.165) is 25.1 Å². The fourth-order valence-corrected chi connectivity index (χ4v) is 3.38. The number of anilines is 2. The van der Waals surface area contributed by atoms with Crippen molar-refractivity contribution in [1.82, 2.24) is 9.88 Å². The van der Waals surface area contributed by atoms with Gasteiger partial charge in [-0.1, -0.05) is 0 Å². The summed E-state index contributed by atoms with van der Waals surface area (Å²) in [4.78, 5) is 9.96. The number of piperazine rings is 1. The molecule has 0 aliphatic carbocycles. The van der Waals surface area contributed by atoms with Crippen molar-refractivity contribution in [3.8, 4) is 0 Å². The number of hydrogen-bond donors (Lipinski definition) is 1. The van der Waals surface area contributed by atoms with Crippen LogP contribution in [0.15, 0.2) is 24.2 Å². The van der Waals surface area contributed by atoms with Gasteiger partial charge in [0.05, 0.1) is 23.0 Å². The van der Waals surface area contributed by atoms with Crippen LogP contribution in [0.3, 0.4) is 0 Å². The smallest absolute Gasteiger partial charge is 0.417 e. The summed E-state index contributed by atoms with van der Waals surface area (Å²) in [5.41, 5.74) is 0.151. The lowest BCUT2D eigenvalue weighted by atomic mass is 10.0. The summed E-state index contributed by atoms with van der Waals surface area (Å²) in [5.74, 6) is 0.532. The number of halogens is 3. The van der Waals surface area contributed by atoms with Gasteiger partial charge in [0.2, 0.25) is 0 Å². The quantitative estimate of drug-likeness (QED) is 0.795. The molecule has 3 heterocycles. The molecule has 24 heavy (non-hydrogen) atoms. The average molecular weight is 342 g/mol. The topological polar surface area (TPSA) is 42.8 Å². The largest absolute Gasteiger partial charge is 0.514 e. The van der Waals surface area contributed by atoms with Crippen molar-refractivity contribution in [2.45, 2.75) is 32.1 Å². The van der Waals surface area contributed by atoms with E-state index in [-0.39, 0.29) is 6.04 Å². The summed E-state index contributed by atoms with van der Waals surface area (Å²) >= 11 is 0. The van der Waals surface area contributed by atoms with Crippen LogP contribution in [-0.4, -0.2) is 53.8 Å². The molecule has 8 heteroatoms. The number of fused-ring (bicyclic) bond motifs is 3. The molecule has 1 N–H and O–H groups in total. The Morgan fingerprint density at radius 1 is 1.33 bits per heavy atom. The fourth-order valence-electron chi connectivity index (χ4n) is 3.38. The van der Waals surface area contributed by atoms with Gasteiger partial charge in [-0.3, -0.25) is 4.90 Å². The monoisotopic (exact) mass is 342 g/mol. The summed E-state index contributed by atoms with van der Waals surface area (Å²) in [5, 5.41) is 9.69. The minimum Gasteiger partial charge on any atom is -0.514 e. The highest BCUT2D eigenvalue weighted by Gasteiger charge is 2.41. The van der Waals surface area contributed by atoms with Gasteiger partial charge in [-0.15, -0.1) is 0 Å². The molecule has 0 saturated carbocycles. The zero-order chi connectivity index (χ0) is 17.6. The summed E-state index contributed by atoms with van der Waals surface area (Å²) in [6.45, 7) is 6.35. The number of alkyl halides is 3. The Hall–Kier alpha value is -1.96. The van der Waals surface area contributed by atoms with Crippen molar-refractivity contribution in [3.63, 3.8) is 0 Å². The SMILES string of the molecule is CC(C)N1CCN2c3ncc(C(F)(F)F)cc3N(C)/C(=C/O)[C@@H]2C1. The lowest BCUT2D eigenvalue weighted by Crippen LogP contribution is -2.59. The minimum atomic E-state index is -4.45. The van der Waals surface area contributed by atoms with Crippen molar-refractivity contribution in [2.75, 3.05) is 36.5 Å². The normalized spacial score (nSPS) is 23.6. The Kier molecular flexibility index (Phi) is 4.11. The Bertz CT molecular complexity index is 659. The molecule has 1 atom stereocenters. The van der Waals surface area contributed by atoms with E-state index in [2.05, 4.69) is 23.7 Å². The van der Waals surface area contributed by atoms with E-state index >= 15 is 0 Å². The molecule has 0 aromatic carbocycles. The molecule has 1 saturated heterocycles. The molecule has 0 spiro atoms. The maximum atomic E-state index is 13.0. The van der Waals surface area contributed by atoms with E-state index in [0.29, 0.717) is 36.3 Å². The predicted octanol–water partition coefficient (Wildman–Crippen LogP) is 2.85. The van der Waals surface area contributed by atoms with Gasteiger partial charge in [0, 0.05) is 38.9 Å². The number of likely N-dealkylation sites (N-methyl/N-ethyl adjacent to an activating group) is 1. The second-order valence-electron chi connectivity index (χ2n) is 6.48. The first-order chi connectivity index (χ1) is 11.2. The molecule has 1 aromatic heterocycles. The third-order valence-electron chi connectivity index (χ3n) is 4.81. The third kappa shape index (κ3) is 2.68. The lowest BCUT2D eigenvalue weighted by Gasteiger charge is -2.49. The standard InChI is InChI=1S/C16H21F3N4O/c1-10(2)22-4-5-23-13(8-22)14(9-24)21(3)12-6-11(16(17,18)19)7-20-15(12)23/h6-7,9-10,13,24H,4-5,8H2,1-3H3/b14-9+/t13-/m0/s1. The molecule has 2 aliphatic rings. The van der Waals surface area contributed by atoms with Gasteiger partial charge in [-0.25, -0.2) is 4.98 Å². The van der Waals surface area contributed by atoms with Gasteiger partial charge < -0.3 is 14.9 Å². The van der Waals surface area contributed by atoms with Gasteiger partial charge in [0.15, 0.2) is 5.82 Å². The van der Waals surface area contributed by atoms with E-state index in [9.17, 15) is 18.3 Å². The molecule has 3 rings (SSSR count). The van der Waals surface area contributed by atoms with Crippen molar-refractivity contribution >= 4 is 11.5 Å². The molecule has 132 valence electrons. The minimum absolute atomic E-state index is 0.132. The van der Waals surface area contributed by atoms with Gasteiger partial charge in [0.1, 0.15) is 6.26 Å². The summed E-state index contributed by atoms with van der Waals surface area (Å²) in [6.07, 6.45) is -2.57. The zero-order valence-corrected chi connectivity index (χ0v) is 13.9. The van der Waals surface area contributed by atoms with Crippen molar-refractivity contribution < 1.29 is 18.3 Å². The van der Waals surface area contributed by atoms with E-state index in [1.54, 1.807) is 11.9 Å². The van der Waals surface area contributed by atoms with Gasteiger partial charge in [-0.2, -0.15) is 13.2 Å². The highest BCUT2D eigenvalue weighted by molar-refractivity contribution is 5.75. The van der Waals surface area contributed by atoms with Crippen LogP contribution in [0.25, 0.3) is 0 Å². The number of nitrogens with zero attached hydrogens (tertiary/aromatic N) is 4. The summed E-state index contributed by atoms with van der Waals surface area (Å²) < 4.78 is 39.0. The van der Waals surface area contributed by atoms with Crippen molar-refractivity contribution in [3.05, 3.63) is 29.8 Å². The van der Waals surface area contributed by atoms with Gasteiger partial charge in [0.25, 0.3) is 0 Å². The van der Waals surface area contributed by atoms with Crippen LogP contribution in [-0.2, 0) is 6.18 Å². The van der Waals surface area contributed by atoms with Crippen molar-refractivity contribution in [2.24, 2.45) is 0 Å². The highest BCUT2D eigenvalue weighted by atomic mass is 19.4. The molecule has 0 amide bonds. The second kappa shape index (κ2) is 5.84. The molecular weight excluding hydrogens is 321 g/mol. The number of pyridine rings is 1. The molecule has 1 aromatic rings. The number of aliphatic hydroxyl groups excluding tert-OH is 1. The van der Waals surface area contributed by atoms with E-state index in [4.69, 9.17) is 0 Å². The Balaban J connectivity index is 2.04. The first-order valence-electron chi connectivity index (χ1n) is 7.90. The van der Waals surface area contributed by atoms with Gasteiger partial charge >= 0.3 is 6.18 Å². The highest BCUT2D eigenvalue weighted by Crippen LogP contribution is 2.42. The Morgan fingerprint density at radius 3 is 2.62 bits per heavy atom. The Morgan fingerprint density at radius 2 is 2.04 bits per heavy atom. The molecule has 0 unspecified atom stereocenters. The number of aromatic nitrogens is 1. The van der Waals surface area contributed by atoms with Gasteiger partial charge in [-0.05, 0) is 19.9 Å². The zero-order valence-electron chi connectivity index (χ0n) is 13.9. The fraction of sp³-hybridized carbons (Fsp3) is 0.562. The molecule has 1 fully saturated rings.